The second-order valence-corrected chi connectivity index (χ2v) is 2.78. The molecular weight excluding hydrogens is 126 g/mol. The summed E-state index contributed by atoms with van der Waals surface area (Å²) in [6.07, 6.45) is 3.20. The topological polar surface area (TPSA) is 40.9 Å². The molecule has 1 aliphatic rings. The van der Waals surface area contributed by atoms with Crippen molar-refractivity contribution in [1.29, 1.82) is 5.26 Å². The number of carbonyl (C=O) groups excluding carboxylic acids is 1. The summed E-state index contributed by atoms with van der Waals surface area (Å²) in [4.78, 5) is 10.6. The normalized spacial score (nSPS) is 20.9. The third-order valence-corrected chi connectivity index (χ3v) is 1.84. The van der Waals surface area contributed by atoms with Gasteiger partial charge in [-0.1, -0.05) is 6.08 Å². The summed E-state index contributed by atoms with van der Waals surface area (Å²) in [6.45, 7) is 3.54. The van der Waals surface area contributed by atoms with Crippen LogP contribution in [-0.4, -0.2) is 5.78 Å². The lowest BCUT2D eigenvalue weighted by Gasteiger charge is -2.32. The zero-order valence-electron chi connectivity index (χ0n) is 5.76. The largest absolute Gasteiger partial charge is 0.300 e. The van der Waals surface area contributed by atoms with Gasteiger partial charge in [0.2, 0.25) is 0 Å². The van der Waals surface area contributed by atoms with Gasteiger partial charge in [-0.2, -0.15) is 5.26 Å². The van der Waals surface area contributed by atoms with Crippen molar-refractivity contribution >= 4 is 5.78 Å². The Kier molecular flexibility index (Phi) is 1.58. The molecule has 2 heteroatoms. The minimum Gasteiger partial charge on any atom is -0.300 e. The van der Waals surface area contributed by atoms with E-state index in [0.717, 1.165) is 0 Å². The summed E-state index contributed by atoms with van der Waals surface area (Å²) in [6, 6.07) is 2.15. The fraction of sp³-hybridized carbons (Fsp3) is 0.500. The smallest absolute Gasteiger partial charge is 0.136 e. The molecule has 0 aromatic carbocycles. The van der Waals surface area contributed by atoms with Crippen LogP contribution in [0.25, 0.3) is 0 Å². The summed E-state index contributed by atoms with van der Waals surface area (Å²) in [7, 11) is 0. The number of allylic oxidation sites excluding steroid dienone is 1. The lowest BCUT2D eigenvalue weighted by molar-refractivity contribution is -0.129. The molecule has 0 saturated heterocycles. The monoisotopic (exact) mass is 135 g/mol. The molecule has 1 aliphatic carbocycles. The zero-order chi connectivity index (χ0) is 7.61. The Morgan fingerprint density at radius 1 is 1.80 bits per heavy atom. The zero-order valence-corrected chi connectivity index (χ0v) is 5.76. The van der Waals surface area contributed by atoms with E-state index in [4.69, 9.17) is 5.26 Å². The van der Waals surface area contributed by atoms with Crippen molar-refractivity contribution in [3.8, 4) is 6.07 Å². The van der Waals surface area contributed by atoms with Gasteiger partial charge in [0.05, 0.1) is 11.5 Å². The standard InChI is InChI=1S/C8H9NO/c1-2-3-8(6-9)4-7(10)5-8/h2H,1,3-5H2. The van der Waals surface area contributed by atoms with Gasteiger partial charge in [0, 0.05) is 12.8 Å². The Morgan fingerprint density at radius 3 is 2.70 bits per heavy atom. The number of carbonyl (C=O) groups is 1. The molecule has 1 fully saturated rings. The van der Waals surface area contributed by atoms with E-state index in [2.05, 4.69) is 12.6 Å². The minimum atomic E-state index is -0.376. The molecule has 0 aromatic rings. The van der Waals surface area contributed by atoms with Crippen LogP contribution < -0.4 is 0 Å². The molecule has 0 N–H and O–H groups in total. The molecule has 0 aliphatic heterocycles. The molecule has 10 heavy (non-hydrogen) atoms. The van der Waals surface area contributed by atoms with Gasteiger partial charge in [-0.05, 0) is 6.42 Å². The quantitative estimate of drug-likeness (QED) is 0.537. The predicted octanol–water partition coefficient (Wildman–Crippen LogP) is 1.44. The maximum absolute atomic E-state index is 10.6. The number of nitrogens with zero attached hydrogens (tertiary/aromatic N) is 1. The van der Waals surface area contributed by atoms with Crippen LogP contribution in [0.1, 0.15) is 19.3 Å². The fourth-order valence-electron chi connectivity index (χ4n) is 1.25. The first-order chi connectivity index (χ1) is 4.72. The molecule has 0 bridgehead atoms. The van der Waals surface area contributed by atoms with Gasteiger partial charge >= 0.3 is 0 Å². The molecule has 0 heterocycles. The maximum atomic E-state index is 10.6. The highest BCUT2D eigenvalue weighted by atomic mass is 16.1. The van der Waals surface area contributed by atoms with Crippen LogP contribution in [0.5, 0.6) is 0 Å². The highest BCUT2D eigenvalue weighted by molar-refractivity contribution is 5.87. The molecule has 0 radical (unpaired) electrons. The lowest BCUT2D eigenvalue weighted by Crippen LogP contribution is -2.35. The van der Waals surface area contributed by atoms with Crippen LogP contribution in [-0.2, 0) is 4.79 Å². The van der Waals surface area contributed by atoms with Crippen molar-refractivity contribution < 1.29 is 4.79 Å². The summed E-state index contributed by atoms with van der Waals surface area (Å²) in [5, 5.41) is 8.64. The first-order valence-corrected chi connectivity index (χ1v) is 3.26. The Balaban J connectivity index is 2.58. The molecular formula is C8H9NO. The van der Waals surface area contributed by atoms with Crippen LogP contribution in [0.15, 0.2) is 12.7 Å². The number of hydrogen-bond donors (Lipinski definition) is 0. The van der Waals surface area contributed by atoms with Gasteiger partial charge in [0.1, 0.15) is 5.78 Å². The average molecular weight is 135 g/mol. The number of hydrogen-bond acceptors (Lipinski definition) is 2. The first kappa shape index (κ1) is 7.01. The number of ketones is 1. The van der Waals surface area contributed by atoms with Gasteiger partial charge in [-0.3, -0.25) is 4.79 Å². The van der Waals surface area contributed by atoms with Crippen molar-refractivity contribution in [2.24, 2.45) is 5.41 Å². The molecule has 0 spiro atoms. The SMILES string of the molecule is C=CCC1(C#N)CC(=O)C1. The van der Waals surface area contributed by atoms with Crippen LogP contribution in [0.4, 0.5) is 0 Å². The van der Waals surface area contributed by atoms with Crippen LogP contribution in [0.3, 0.4) is 0 Å². The number of nitriles is 1. The van der Waals surface area contributed by atoms with Crippen molar-refractivity contribution in [3.63, 3.8) is 0 Å². The fourth-order valence-corrected chi connectivity index (χ4v) is 1.25. The van der Waals surface area contributed by atoms with Crippen molar-refractivity contribution in [1.82, 2.24) is 0 Å². The van der Waals surface area contributed by atoms with Crippen LogP contribution in [0, 0.1) is 16.7 Å². The summed E-state index contributed by atoms with van der Waals surface area (Å²) in [5.74, 6) is 0.198. The predicted molar refractivity (Wildman–Crippen MR) is 37.1 cm³/mol. The van der Waals surface area contributed by atoms with E-state index in [9.17, 15) is 4.79 Å². The van der Waals surface area contributed by atoms with Crippen molar-refractivity contribution in [2.45, 2.75) is 19.3 Å². The molecule has 0 unspecified atom stereocenters. The highest BCUT2D eigenvalue weighted by Crippen LogP contribution is 2.40. The van der Waals surface area contributed by atoms with Gasteiger partial charge < -0.3 is 0 Å². The minimum absolute atomic E-state index is 0.198. The first-order valence-electron chi connectivity index (χ1n) is 3.26. The van der Waals surface area contributed by atoms with E-state index >= 15 is 0 Å². The maximum Gasteiger partial charge on any atom is 0.136 e. The Labute approximate surface area is 60.2 Å². The Hall–Kier alpha value is -1.10. The summed E-state index contributed by atoms with van der Waals surface area (Å²) < 4.78 is 0. The Bertz CT molecular complexity index is 198. The van der Waals surface area contributed by atoms with Gasteiger partial charge in [0.25, 0.3) is 0 Å². The van der Waals surface area contributed by atoms with E-state index in [0.29, 0.717) is 19.3 Å². The summed E-state index contributed by atoms with van der Waals surface area (Å²) >= 11 is 0. The third kappa shape index (κ3) is 0.950. The van der Waals surface area contributed by atoms with E-state index in [1.165, 1.54) is 0 Å². The molecule has 1 saturated carbocycles. The van der Waals surface area contributed by atoms with E-state index < -0.39 is 0 Å². The van der Waals surface area contributed by atoms with Gasteiger partial charge in [-0.15, -0.1) is 6.58 Å². The second kappa shape index (κ2) is 2.26. The molecule has 0 aromatic heterocycles. The lowest BCUT2D eigenvalue weighted by atomic mass is 9.67. The molecule has 2 nitrogen and oxygen atoms in total. The second-order valence-electron chi connectivity index (χ2n) is 2.78. The third-order valence-electron chi connectivity index (χ3n) is 1.84. The molecule has 0 amide bonds. The van der Waals surface area contributed by atoms with Crippen molar-refractivity contribution in [2.75, 3.05) is 0 Å². The number of Topliss-reactive ketones (excluding diaryl/α,β-unsaturated/α-hetero) is 1. The van der Waals surface area contributed by atoms with E-state index in [-0.39, 0.29) is 11.2 Å². The van der Waals surface area contributed by atoms with E-state index in [1.807, 2.05) is 0 Å². The molecule has 0 atom stereocenters. The highest BCUT2D eigenvalue weighted by Gasteiger charge is 2.42. The van der Waals surface area contributed by atoms with Crippen LogP contribution >= 0.6 is 0 Å². The van der Waals surface area contributed by atoms with Gasteiger partial charge in [0.15, 0.2) is 0 Å². The average Bonchev–Trinajstić information content (AvgIpc) is 1.84. The molecule has 52 valence electrons. The summed E-state index contributed by atoms with van der Waals surface area (Å²) in [5.41, 5.74) is -0.376. The van der Waals surface area contributed by atoms with Gasteiger partial charge in [-0.25, -0.2) is 0 Å². The molecule has 1 rings (SSSR count). The van der Waals surface area contributed by atoms with E-state index in [1.54, 1.807) is 6.08 Å². The van der Waals surface area contributed by atoms with Crippen LogP contribution in [0.2, 0.25) is 0 Å². The van der Waals surface area contributed by atoms with Crippen molar-refractivity contribution in [3.05, 3.63) is 12.7 Å². The number of rotatable bonds is 2. The Morgan fingerprint density at radius 2 is 2.40 bits per heavy atom.